The minimum atomic E-state index is -3.29. The van der Waals surface area contributed by atoms with Gasteiger partial charge in [-0.25, -0.2) is 9.97 Å². The molecule has 2 aliphatic carbocycles. The van der Waals surface area contributed by atoms with E-state index in [2.05, 4.69) is 5.32 Å². The Morgan fingerprint density at radius 3 is 2.57 bits per heavy atom. The summed E-state index contributed by atoms with van der Waals surface area (Å²) in [5.41, 5.74) is 2.44. The van der Waals surface area contributed by atoms with Gasteiger partial charge in [-0.1, -0.05) is 0 Å². The van der Waals surface area contributed by atoms with Gasteiger partial charge in [0.05, 0.1) is 6.04 Å². The van der Waals surface area contributed by atoms with E-state index in [0.717, 1.165) is 30.9 Å². The Balaban J connectivity index is 1.48. The van der Waals surface area contributed by atoms with Crippen molar-refractivity contribution in [3.8, 4) is 0 Å². The highest BCUT2D eigenvalue weighted by molar-refractivity contribution is 7.86. The molecule has 1 saturated carbocycles. The van der Waals surface area contributed by atoms with Crippen molar-refractivity contribution >= 4 is 16.0 Å². The third-order valence-electron chi connectivity index (χ3n) is 4.87. The van der Waals surface area contributed by atoms with Crippen LogP contribution in [0.4, 0.5) is 5.82 Å². The van der Waals surface area contributed by atoms with Crippen LogP contribution >= 0.6 is 0 Å². The number of fused-ring (bicyclic) bond motifs is 1. The van der Waals surface area contributed by atoms with Crippen LogP contribution in [0, 0.1) is 0 Å². The molecule has 2 fully saturated rings. The predicted molar refractivity (Wildman–Crippen MR) is 87.6 cm³/mol. The molecule has 1 aromatic rings. The first kappa shape index (κ1) is 15.3. The minimum absolute atomic E-state index is 0.136. The third-order valence-corrected chi connectivity index (χ3v) is 6.74. The van der Waals surface area contributed by atoms with Crippen molar-refractivity contribution in [3.63, 3.8) is 0 Å². The Hall–Kier alpha value is -1.25. The van der Waals surface area contributed by atoms with Gasteiger partial charge < -0.3 is 5.32 Å². The van der Waals surface area contributed by atoms with Crippen LogP contribution in [-0.2, 0) is 23.1 Å². The molecule has 0 radical (unpaired) electrons. The number of hydrogen-bond acceptors (Lipinski definition) is 5. The first-order valence-corrected chi connectivity index (χ1v) is 9.68. The number of nitrogens with zero attached hydrogens (tertiary/aromatic N) is 4. The van der Waals surface area contributed by atoms with Crippen molar-refractivity contribution in [2.45, 2.75) is 44.1 Å². The van der Waals surface area contributed by atoms with Crippen molar-refractivity contribution in [1.82, 2.24) is 18.6 Å². The van der Waals surface area contributed by atoms with Gasteiger partial charge in [0.1, 0.15) is 11.6 Å². The van der Waals surface area contributed by atoms with E-state index in [1.54, 1.807) is 14.1 Å². The number of aryl methyl sites for hydroxylation is 1. The maximum Gasteiger partial charge on any atom is 0.281 e. The van der Waals surface area contributed by atoms with Gasteiger partial charge in [0.15, 0.2) is 0 Å². The molecule has 0 bridgehead atoms. The number of rotatable bonds is 5. The van der Waals surface area contributed by atoms with Gasteiger partial charge in [0.25, 0.3) is 10.2 Å². The summed E-state index contributed by atoms with van der Waals surface area (Å²) >= 11 is 0. The number of nitrogens with one attached hydrogen (secondary N) is 1. The first-order valence-electron chi connectivity index (χ1n) is 8.29. The predicted octanol–water partition coefficient (Wildman–Crippen LogP) is 0.745. The minimum Gasteiger partial charge on any atom is -0.364 e. The largest absolute Gasteiger partial charge is 0.364 e. The fraction of sp³-hybridized carbons (Fsp3) is 0.733. The highest BCUT2D eigenvalue weighted by atomic mass is 32.2. The second-order valence-electron chi connectivity index (χ2n) is 6.93. The van der Waals surface area contributed by atoms with E-state index in [9.17, 15) is 8.42 Å². The van der Waals surface area contributed by atoms with Crippen LogP contribution in [0.25, 0.3) is 0 Å². The topological polar surface area (TPSA) is 78.4 Å². The smallest absolute Gasteiger partial charge is 0.281 e. The van der Waals surface area contributed by atoms with Crippen molar-refractivity contribution in [1.29, 1.82) is 0 Å². The molecule has 1 aromatic heterocycles. The molecule has 2 heterocycles. The first-order chi connectivity index (χ1) is 10.9. The Bertz CT molecular complexity index is 724. The fourth-order valence-corrected chi connectivity index (χ4v) is 4.44. The summed E-state index contributed by atoms with van der Waals surface area (Å²) in [6.07, 6.45) is 5.58. The molecule has 1 saturated heterocycles. The Kier molecular flexibility index (Phi) is 3.58. The Morgan fingerprint density at radius 1 is 1.17 bits per heavy atom. The van der Waals surface area contributed by atoms with Crippen LogP contribution in [-0.4, -0.2) is 60.2 Å². The van der Waals surface area contributed by atoms with Crippen LogP contribution in [0.5, 0.6) is 0 Å². The molecular formula is C15H23N5O2S. The maximum atomic E-state index is 12.0. The average molecular weight is 337 g/mol. The van der Waals surface area contributed by atoms with Gasteiger partial charge in [0.2, 0.25) is 0 Å². The molecule has 1 N–H and O–H groups in total. The van der Waals surface area contributed by atoms with Gasteiger partial charge in [-0.3, -0.25) is 0 Å². The summed E-state index contributed by atoms with van der Waals surface area (Å²) in [7, 11) is -0.165. The summed E-state index contributed by atoms with van der Waals surface area (Å²) in [4.78, 5) is 9.49. The highest BCUT2D eigenvalue weighted by Crippen LogP contribution is 2.40. The van der Waals surface area contributed by atoms with E-state index >= 15 is 0 Å². The summed E-state index contributed by atoms with van der Waals surface area (Å²) in [5, 5.41) is 3.47. The second kappa shape index (κ2) is 5.39. The van der Waals surface area contributed by atoms with Crippen molar-refractivity contribution in [2.75, 3.05) is 32.5 Å². The van der Waals surface area contributed by atoms with Crippen LogP contribution < -0.4 is 5.32 Å². The zero-order chi connectivity index (χ0) is 16.2. The quantitative estimate of drug-likeness (QED) is 0.858. The molecule has 0 aromatic carbocycles. The van der Waals surface area contributed by atoms with Crippen LogP contribution in [0.3, 0.4) is 0 Å². The molecule has 23 heavy (non-hydrogen) atoms. The second-order valence-corrected chi connectivity index (χ2v) is 9.07. The Labute approximate surface area is 137 Å². The van der Waals surface area contributed by atoms with Gasteiger partial charge in [-0.15, -0.1) is 0 Å². The summed E-state index contributed by atoms with van der Waals surface area (Å²) < 4.78 is 26.9. The van der Waals surface area contributed by atoms with Crippen LogP contribution in [0.2, 0.25) is 0 Å². The number of hydrogen-bond donors (Lipinski definition) is 1. The average Bonchev–Trinajstić information content (AvgIpc) is 3.19. The molecule has 3 aliphatic rings. The zero-order valence-corrected chi connectivity index (χ0v) is 14.4. The fourth-order valence-electron chi connectivity index (χ4n) is 3.24. The van der Waals surface area contributed by atoms with E-state index in [-0.39, 0.29) is 6.04 Å². The van der Waals surface area contributed by atoms with Crippen molar-refractivity contribution < 1.29 is 8.42 Å². The van der Waals surface area contributed by atoms with E-state index in [4.69, 9.17) is 9.97 Å². The van der Waals surface area contributed by atoms with Gasteiger partial charge in [-0.2, -0.15) is 17.0 Å². The summed E-state index contributed by atoms with van der Waals surface area (Å²) in [6, 6.07) is 0.136. The maximum absolute atomic E-state index is 12.0. The molecular weight excluding hydrogens is 314 g/mol. The van der Waals surface area contributed by atoms with Crippen LogP contribution in [0.15, 0.2) is 0 Å². The van der Waals surface area contributed by atoms with Gasteiger partial charge >= 0.3 is 0 Å². The lowest BCUT2D eigenvalue weighted by Crippen LogP contribution is -2.59. The lowest BCUT2D eigenvalue weighted by atomic mass is 10.1. The van der Waals surface area contributed by atoms with Crippen LogP contribution in [0.1, 0.15) is 42.3 Å². The standard InChI is InChI=1S/C15H23N5O2S/c1-19(2)23(21,22)20-8-11(9-20)16-15-12-4-3-5-13(12)17-14(18-15)10-6-7-10/h10-11H,3-9H2,1-2H3,(H,16,17,18). The monoisotopic (exact) mass is 337 g/mol. The Morgan fingerprint density at radius 2 is 1.91 bits per heavy atom. The molecule has 1 aliphatic heterocycles. The molecule has 126 valence electrons. The molecule has 4 rings (SSSR count). The molecule has 0 amide bonds. The number of anilines is 1. The van der Waals surface area contributed by atoms with Crippen molar-refractivity contribution in [2.24, 2.45) is 0 Å². The molecule has 0 atom stereocenters. The lowest BCUT2D eigenvalue weighted by molar-refractivity contribution is 0.264. The molecule has 7 nitrogen and oxygen atoms in total. The molecule has 0 spiro atoms. The summed E-state index contributed by atoms with van der Waals surface area (Å²) in [5.74, 6) is 2.46. The number of aromatic nitrogens is 2. The zero-order valence-electron chi connectivity index (χ0n) is 13.6. The van der Waals surface area contributed by atoms with E-state index in [1.165, 1.54) is 32.7 Å². The van der Waals surface area contributed by atoms with Gasteiger partial charge in [-0.05, 0) is 32.1 Å². The van der Waals surface area contributed by atoms with E-state index < -0.39 is 10.2 Å². The van der Waals surface area contributed by atoms with Crippen molar-refractivity contribution in [3.05, 3.63) is 17.1 Å². The SMILES string of the molecule is CN(C)S(=O)(=O)N1CC(Nc2nc(C3CC3)nc3c2CCC3)C1. The molecule has 0 unspecified atom stereocenters. The highest BCUT2D eigenvalue weighted by Gasteiger charge is 2.38. The third kappa shape index (κ3) is 2.72. The molecule has 8 heteroatoms. The summed E-state index contributed by atoms with van der Waals surface area (Å²) in [6.45, 7) is 0.996. The van der Waals surface area contributed by atoms with E-state index in [0.29, 0.717) is 19.0 Å². The van der Waals surface area contributed by atoms with Gasteiger partial charge in [0, 0.05) is 44.4 Å². The normalized spacial score (nSPS) is 22.2. The van der Waals surface area contributed by atoms with E-state index in [1.807, 2.05) is 0 Å². The lowest BCUT2D eigenvalue weighted by Gasteiger charge is -2.40.